The Morgan fingerprint density at radius 3 is 2.61 bits per heavy atom. The Morgan fingerprint density at radius 1 is 1.29 bits per heavy atom. The number of hydrogen-bond acceptors (Lipinski definition) is 5. The van der Waals surface area contributed by atoms with Crippen LogP contribution in [0.4, 0.5) is 8.78 Å². The van der Waals surface area contributed by atoms with Crippen LogP contribution in [0.2, 0.25) is 0 Å². The smallest absolute Gasteiger partial charge is 0.229 e. The highest BCUT2D eigenvalue weighted by atomic mass is 32.2. The summed E-state index contributed by atoms with van der Waals surface area (Å²) in [5, 5.41) is 0. The highest BCUT2D eigenvalue weighted by molar-refractivity contribution is 7.91. The van der Waals surface area contributed by atoms with E-state index < -0.39 is 31.8 Å². The lowest BCUT2D eigenvalue weighted by Gasteiger charge is -2.22. The topological polar surface area (TPSA) is 89.7 Å². The number of halogens is 2. The second-order valence-corrected chi connectivity index (χ2v) is 9.33. The van der Waals surface area contributed by atoms with Crippen molar-refractivity contribution in [3.8, 4) is 5.75 Å². The summed E-state index contributed by atoms with van der Waals surface area (Å²) in [5.41, 5.74) is 5.08. The highest BCUT2D eigenvalue weighted by Crippen LogP contribution is 2.46. The van der Waals surface area contributed by atoms with Crippen molar-refractivity contribution in [3.05, 3.63) is 35.9 Å². The molecule has 1 amide bonds. The molecular formula is C19H24F2N2O4S. The van der Waals surface area contributed by atoms with Gasteiger partial charge in [0, 0.05) is 24.7 Å². The molecule has 0 aromatic heterocycles. The van der Waals surface area contributed by atoms with Crippen LogP contribution in [-0.2, 0) is 14.6 Å². The van der Waals surface area contributed by atoms with Crippen molar-refractivity contribution in [1.82, 2.24) is 4.90 Å². The molecule has 28 heavy (non-hydrogen) atoms. The predicted octanol–water partition coefficient (Wildman–Crippen LogP) is 2.54. The first-order chi connectivity index (χ1) is 13.3. The maximum atomic E-state index is 14.4. The van der Waals surface area contributed by atoms with Gasteiger partial charge >= 0.3 is 0 Å². The number of hydrogen-bond donors (Lipinski definition) is 1. The lowest BCUT2D eigenvalue weighted by atomic mass is 9.85. The van der Waals surface area contributed by atoms with E-state index in [1.807, 2.05) is 0 Å². The molecule has 154 valence electrons. The number of carbonyl (C=O) groups excluding carboxylic acids is 1. The SMILES string of the molecule is NCC(=CF)COc1ccc(S(=O)(=O)CN2CCC3(CCCC3)C2=O)c(F)c1. The predicted molar refractivity (Wildman–Crippen MR) is 99.4 cm³/mol. The van der Waals surface area contributed by atoms with Crippen LogP contribution >= 0.6 is 0 Å². The van der Waals surface area contributed by atoms with Gasteiger partial charge in [-0.05, 0) is 31.4 Å². The molecule has 9 heteroatoms. The molecule has 1 aliphatic heterocycles. The van der Waals surface area contributed by atoms with E-state index in [2.05, 4.69) is 0 Å². The summed E-state index contributed by atoms with van der Waals surface area (Å²) in [6.45, 7) is 0.165. The van der Waals surface area contributed by atoms with Gasteiger partial charge in [-0.15, -0.1) is 0 Å². The van der Waals surface area contributed by atoms with Crippen molar-refractivity contribution in [3.63, 3.8) is 0 Å². The summed E-state index contributed by atoms with van der Waals surface area (Å²) in [6, 6.07) is 3.34. The Kier molecular flexibility index (Phi) is 6.04. The van der Waals surface area contributed by atoms with Gasteiger partial charge in [-0.1, -0.05) is 12.8 Å². The Hall–Kier alpha value is -2.00. The molecule has 0 radical (unpaired) electrons. The van der Waals surface area contributed by atoms with Crippen LogP contribution in [0.1, 0.15) is 32.1 Å². The molecule has 1 saturated carbocycles. The van der Waals surface area contributed by atoms with Crippen LogP contribution in [0.5, 0.6) is 5.75 Å². The van der Waals surface area contributed by atoms with Gasteiger partial charge in [0.1, 0.15) is 28.9 Å². The third-order valence-corrected chi connectivity index (χ3v) is 7.22. The first-order valence-corrected chi connectivity index (χ1v) is 10.9. The minimum Gasteiger partial charge on any atom is -0.489 e. The van der Waals surface area contributed by atoms with E-state index in [1.165, 1.54) is 11.0 Å². The maximum absolute atomic E-state index is 14.4. The zero-order chi connectivity index (χ0) is 20.4. The van der Waals surface area contributed by atoms with Gasteiger partial charge in [-0.3, -0.25) is 4.79 Å². The van der Waals surface area contributed by atoms with E-state index in [0.717, 1.165) is 37.8 Å². The molecular weight excluding hydrogens is 390 g/mol. The molecule has 0 atom stereocenters. The fraction of sp³-hybridized carbons (Fsp3) is 0.526. The first kappa shape index (κ1) is 20.7. The summed E-state index contributed by atoms with van der Waals surface area (Å²) >= 11 is 0. The standard InChI is InChI=1S/C19H24F2N2O4S/c20-10-14(11-22)12-27-15-3-4-17(16(21)9-15)28(25,26)13-23-8-7-19(18(23)24)5-1-2-6-19/h3-4,9-10H,1-2,5-8,11-13,22H2. The molecule has 3 rings (SSSR count). The van der Waals surface area contributed by atoms with Crippen molar-refractivity contribution in [2.45, 2.75) is 37.0 Å². The normalized spacial score (nSPS) is 19.6. The quantitative estimate of drug-likeness (QED) is 0.741. The van der Waals surface area contributed by atoms with Crippen LogP contribution in [0.15, 0.2) is 35.0 Å². The van der Waals surface area contributed by atoms with E-state index >= 15 is 0 Å². The second-order valence-electron chi connectivity index (χ2n) is 7.40. The number of benzene rings is 1. The summed E-state index contributed by atoms with van der Waals surface area (Å²) in [7, 11) is -4.03. The second kappa shape index (κ2) is 8.16. The summed E-state index contributed by atoms with van der Waals surface area (Å²) in [4.78, 5) is 13.5. The van der Waals surface area contributed by atoms with E-state index in [0.29, 0.717) is 19.3 Å². The van der Waals surface area contributed by atoms with Gasteiger partial charge in [0.15, 0.2) is 9.84 Å². The van der Waals surface area contributed by atoms with Gasteiger partial charge in [-0.2, -0.15) is 0 Å². The van der Waals surface area contributed by atoms with Crippen molar-refractivity contribution in [2.75, 3.05) is 25.6 Å². The zero-order valence-corrected chi connectivity index (χ0v) is 16.3. The Labute approximate surface area is 163 Å². The number of nitrogens with two attached hydrogens (primary N) is 1. The number of likely N-dealkylation sites (tertiary alicyclic amines) is 1. The largest absolute Gasteiger partial charge is 0.489 e. The molecule has 2 N–H and O–H groups in total. The Bertz CT molecular complexity index is 880. The molecule has 1 spiro atoms. The van der Waals surface area contributed by atoms with Crippen molar-refractivity contribution in [2.24, 2.45) is 11.1 Å². The number of sulfone groups is 1. The lowest BCUT2D eigenvalue weighted by Crippen LogP contribution is -2.36. The Balaban J connectivity index is 1.71. The van der Waals surface area contributed by atoms with Crippen molar-refractivity contribution >= 4 is 15.7 Å². The van der Waals surface area contributed by atoms with Gasteiger partial charge in [0.2, 0.25) is 5.91 Å². The molecule has 2 fully saturated rings. The minimum absolute atomic E-state index is 0.0448. The number of nitrogens with zero attached hydrogens (tertiary/aromatic N) is 1. The van der Waals surface area contributed by atoms with Crippen LogP contribution in [0.25, 0.3) is 0 Å². The number of amides is 1. The first-order valence-electron chi connectivity index (χ1n) is 9.24. The van der Waals surface area contributed by atoms with Gasteiger partial charge in [0.25, 0.3) is 0 Å². The average Bonchev–Trinajstić information content (AvgIpc) is 3.25. The van der Waals surface area contributed by atoms with Gasteiger partial charge in [0.05, 0.1) is 11.7 Å². The minimum atomic E-state index is -4.03. The van der Waals surface area contributed by atoms with Gasteiger partial charge < -0.3 is 15.4 Å². The third-order valence-electron chi connectivity index (χ3n) is 5.57. The van der Waals surface area contributed by atoms with E-state index in [9.17, 15) is 22.0 Å². The average molecular weight is 414 g/mol. The fourth-order valence-electron chi connectivity index (χ4n) is 3.94. The molecule has 6 nitrogen and oxygen atoms in total. The van der Waals surface area contributed by atoms with E-state index in [1.54, 1.807) is 0 Å². The van der Waals surface area contributed by atoms with Gasteiger partial charge in [-0.25, -0.2) is 17.2 Å². The molecule has 1 aliphatic carbocycles. The van der Waals surface area contributed by atoms with Crippen LogP contribution in [0.3, 0.4) is 0 Å². The maximum Gasteiger partial charge on any atom is 0.229 e. The summed E-state index contributed by atoms with van der Waals surface area (Å²) < 4.78 is 57.5. The Morgan fingerprint density at radius 2 is 2.00 bits per heavy atom. The molecule has 1 saturated heterocycles. The van der Waals surface area contributed by atoms with Crippen LogP contribution in [-0.4, -0.2) is 44.8 Å². The van der Waals surface area contributed by atoms with E-state index in [-0.39, 0.29) is 30.4 Å². The molecule has 1 heterocycles. The number of rotatable bonds is 7. The van der Waals surface area contributed by atoms with Crippen LogP contribution in [0, 0.1) is 11.2 Å². The summed E-state index contributed by atoms with van der Waals surface area (Å²) in [5.74, 6) is -1.59. The number of carbonyl (C=O) groups is 1. The highest BCUT2D eigenvalue weighted by Gasteiger charge is 2.48. The monoisotopic (exact) mass is 414 g/mol. The number of ether oxygens (including phenoxy) is 1. The van der Waals surface area contributed by atoms with E-state index in [4.69, 9.17) is 10.5 Å². The summed E-state index contributed by atoms with van der Waals surface area (Å²) in [6.07, 6.45) is 4.51. The molecule has 0 unspecified atom stereocenters. The van der Waals surface area contributed by atoms with Crippen molar-refractivity contribution in [1.29, 1.82) is 0 Å². The van der Waals surface area contributed by atoms with Crippen molar-refractivity contribution < 1.29 is 26.7 Å². The molecule has 1 aromatic rings. The fourth-order valence-corrected chi connectivity index (χ4v) is 5.37. The third kappa shape index (κ3) is 4.05. The van der Waals surface area contributed by atoms with Crippen LogP contribution < -0.4 is 10.5 Å². The molecule has 2 aliphatic rings. The lowest BCUT2D eigenvalue weighted by molar-refractivity contribution is -0.135. The zero-order valence-electron chi connectivity index (χ0n) is 15.5. The molecule has 0 bridgehead atoms. The molecule has 1 aromatic carbocycles.